The second kappa shape index (κ2) is 25.8. The third kappa shape index (κ3) is 13.3. The van der Waals surface area contributed by atoms with Crippen LogP contribution in [0.3, 0.4) is 0 Å². The summed E-state index contributed by atoms with van der Waals surface area (Å²) < 4.78 is 0. The van der Waals surface area contributed by atoms with E-state index in [9.17, 15) is 14.4 Å². The minimum absolute atomic E-state index is 0.251. The summed E-state index contributed by atoms with van der Waals surface area (Å²) in [4.78, 5) is 56.4. The number of nitrogens with two attached hydrogens (primary N) is 7. The number of unbranched alkanes of at least 4 members (excludes halogenated alkanes) is 3. The number of aromatic nitrogens is 3. The molecule has 3 aromatic heterocycles. The number of rotatable bonds is 22. The molecule has 7 aromatic rings. The smallest absolute Gasteiger partial charge is 0.241 e. The zero-order chi connectivity index (χ0) is 55.4. The number of hydrogen-bond acceptors (Lipinski definition) is 11. The highest BCUT2D eigenvalue weighted by Crippen LogP contribution is 2.38. The fourth-order valence-corrected chi connectivity index (χ4v) is 10.1. The summed E-state index contributed by atoms with van der Waals surface area (Å²) in [5.74, 6) is -1.12. The van der Waals surface area contributed by atoms with Gasteiger partial charge in [0.2, 0.25) is 17.7 Å². The highest BCUT2D eigenvalue weighted by molar-refractivity contribution is 6.30. The molecule has 0 aliphatic carbocycles. The summed E-state index contributed by atoms with van der Waals surface area (Å²) in [6.07, 6.45) is 10.4. The fourth-order valence-electron chi connectivity index (χ4n) is 10.1. The second-order valence-corrected chi connectivity index (χ2v) is 20.3. The number of aliphatic imine (C=N–C) groups is 1. The zero-order valence-electron chi connectivity index (χ0n) is 44.4. The number of allylic oxidation sites excluding steroid dienone is 2. The largest absolute Gasteiger partial charge is 0.399 e. The van der Waals surface area contributed by atoms with Crippen LogP contribution in [-0.2, 0) is 14.4 Å². The number of nitrogens with zero attached hydrogens (tertiary/aromatic N) is 1. The Hall–Kier alpha value is -8.42. The molecule has 8 bridgehead atoms. The summed E-state index contributed by atoms with van der Waals surface area (Å²) in [5, 5.41) is 10.6. The van der Waals surface area contributed by atoms with Gasteiger partial charge in [0.15, 0.2) is 0 Å². The Bertz CT molecular complexity index is 3480. The van der Waals surface area contributed by atoms with Gasteiger partial charge in [0.05, 0.1) is 35.5 Å². The number of carbonyl (C=O) groups excluding carboxylic acids is 3. The molecule has 0 radical (unpaired) electrons. The maximum atomic E-state index is 13.2. The SMILES string of the molecule is NCCCC[C@H](N)C(=O)Nc1ccc(C2=c3ccc([nH]3)=C(c3ccc(NC(=O)[C@@H](N)CCCCN)cc3)c3ccc([nH]3)C(c3ccc(NC(=O)[C@@H](N)CCCCN)cc3)c3ccc([nH]3)C(c3ccc(N)cc3)=C3C=CC2=N3)cc1. The number of benzene rings is 4. The van der Waals surface area contributed by atoms with Crippen molar-refractivity contribution in [1.82, 2.24) is 15.0 Å². The van der Waals surface area contributed by atoms with Crippen LogP contribution in [-0.4, -0.2) is 76.1 Å². The van der Waals surface area contributed by atoms with Gasteiger partial charge in [0, 0.05) is 72.9 Å². The first-order chi connectivity index (χ1) is 38.4. The summed E-state index contributed by atoms with van der Waals surface area (Å²) in [5.41, 5.74) is 55.7. The number of nitrogen functional groups attached to an aromatic ring is 1. The lowest BCUT2D eigenvalue weighted by atomic mass is 9.92. The number of amides is 3. The van der Waals surface area contributed by atoms with E-state index >= 15 is 0 Å². The highest BCUT2D eigenvalue weighted by atomic mass is 16.2. The van der Waals surface area contributed by atoms with Gasteiger partial charge in [0.1, 0.15) is 0 Å². The minimum atomic E-state index is -0.664. The molecule has 5 heterocycles. The molecule has 408 valence electrons. The Kier molecular flexibility index (Phi) is 18.1. The van der Waals surface area contributed by atoms with E-state index in [-0.39, 0.29) is 23.6 Å². The molecule has 79 heavy (non-hydrogen) atoms. The van der Waals surface area contributed by atoms with Crippen LogP contribution in [0.15, 0.2) is 156 Å². The molecule has 4 atom stereocenters. The molecule has 3 amide bonds. The second-order valence-electron chi connectivity index (χ2n) is 20.3. The molecular weight excluding hydrogens is 989 g/mol. The molecule has 2 aliphatic heterocycles. The van der Waals surface area contributed by atoms with Crippen molar-refractivity contribution < 1.29 is 14.4 Å². The first kappa shape index (κ1) is 55.3. The third-order valence-electron chi connectivity index (χ3n) is 14.5. The van der Waals surface area contributed by atoms with Gasteiger partial charge in [-0.1, -0.05) is 67.8 Å². The van der Waals surface area contributed by atoms with Crippen molar-refractivity contribution >= 4 is 62.9 Å². The number of anilines is 4. The van der Waals surface area contributed by atoms with Crippen LogP contribution in [0.5, 0.6) is 0 Å². The predicted molar refractivity (Wildman–Crippen MR) is 318 cm³/mol. The first-order valence-corrected chi connectivity index (χ1v) is 27.2. The normalized spacial score (nSPS) is 15.2. The molecule has 9 rings (SSSR count). The van der Waals surface area contributed by atoms with Gasteiger partial charge in [0.25, 0.3) is 0 Å². The van der Waals surface area contributed by atoms with E-state index in [1.807, 2.05) is 109 Å². The van der Waals surface area contributed by atoms with Gasteiger partial charge in [-0.25, -0.2) is 4.99 Å². The molecule has 20 N–H and O–H groups in total. The van der Waals surface area contributed by atoms with Gasteiger partial charge >= 0.3 is 0 Å². The van der Waals surface area contributed by atoms with Crippen molar-refractivity contribution in [3.63, 3.8) is 0 Å². The molecule has 0 fully saturated rings. The number of nitrogens with one attached hydrogen (secondary N) is 6. The van der Waals surface area contributed by atoms with Crippen LogP contribution in [0.1, 0.15) is 109 Å². The van der Waals surface area contributed by atoms with Crippen LogP contribution < -0.4 is 66.8 Å². The molecule has 2 aliphatic rings. The van der Waals surface area contributed by atoms with E-state index in [2.05, 4.69) is 67.3 Å². The van der Waals surface area contributed by atoms with Crippen molar-refractivity contribution in [2.45, 2.75) is 81.8 Å². The molecular formula is C62H72N14O3. The summed E-state index contributed by atoms with van der Waals surface area (Å²) >= 11 is 0. The maximum Gasteiger partial charge on any atom is 0.241 e. The lowest BCUT2D eigenvalue weighted by Crippen LogP contribution is -2.35. The number of aromatic amines is 3. The van der Waals surface area contributed by atoms with E-state index in [1.54, 1.807) is 0 Å². The fraction of sp³-hybridized carbons (Fsp3) is 0.258. The molecule has 0 spiro atoms. The average Bonchev–Trinajstić information content (AvgIpc) is 4.45. The minimum Gasteiger partial charge on any atom is -0.399 e. The number of carbonyl (C=O) groups is 3. The standard InChI is InChI=1S/C62H72N14O3/c63-34-4-1-7-45(67)60(77)70-42-20-12-38(13-21-42)57-50-28-26-48(73-50)56(37-10-18-41(66)19-11-37)49-27-29-51(74-49)58(39-14-22-43(23-15-39)71-61(78)46(68)8-2-5-35-64)53-31-33-55(76-53)59(54-32-30-52(57)75-54)40-16-24-44(25-17-40)72-62(79)47(69)9-3-6-36-65/h10-33,45-47,57,73,75-76H,1-9,34-36,63-69H2,(H,70,77)(H,71,78)(H,72,79)/t45-,46-,47-,57?/m0/s1. The van der Waals surface area contributed by atoms with Crippen molar-refractivity contribution in [3.8, 4) is 0 Å². The van der Waals surface area contributed by atoms with E-state index in [0.717, 1.165) is 117 Å². The maximum absolute atomic E-state index is 13.2. The first-order valence-electron chi connectivity index (χ1n) is 27.2. The number of hydrogen-bond donors (Lipinski definition) is 13. The molecule has 17 nitrogen and oxygen atoms in total. The monoisotopic (exact) mass is 1060 g/mol. The zero-order valence-corrected chi connectivity index (χ0v) is 44.4. The van der Waals surface area contributed by atoms with Crippen LogP contribution in [0.25, 0.3) is 16.7 Å². The molecule has 17 heteroatoms. The van der Waals surface area contributed by atoms with Gasteiger partial charge in [-0.15, -0.1) is 0 Å². The van der Waals surface area contributed by atoms with E-state index < -0.39 is 18.1 Å². The molecule has 0 saturated carbocycles. The van der Waals surface area contributed by atoms with Crippen LogP contribution in [0.2, 0.25) is 0 Å². The Morgan fingerprint density at radius 3 is 1.33 bits per heavy atom. The Morgan fingerprint density at radius 1 is 0.456 bits per heavy atom. The molecule has 1 unspecified atom stereocenters. The van der Waals surface area contributed by atoms with E-state index in [1.165, 1.54) is 0 Å². The van der Waals surface area contributed by atoms with Gasteiger partial charge in [-0.2, -0.15) is 0 Å². The van der Waals surface area contributed by atoms with Gasteiger partial charge in [-0.3, -0.25) is 14.4 Å². The number of fused-ring (bicyclic) bond motifs is 7. The van der Waals surface area contributed by atoms with Crippen LogP contribution in [0.4, 0.5) is 22.7 Å². The Balaban J connectivity index is 1.20. The van der Waals surface area contributed by atoms with Crippen molar-refractivity contribution in [3.05, 3.63) is 207 Å². The quantitative estimate of drug-likeness (QED) is 0.0284. The highest BCUT2D eigenvalue weighted by Gasteiger charge is 2.26. The Labute approximate surface area is 460 Å². The van der Waals surface area contributed by atoms with Crippen LogP contribution in [0, 0.1) is 0 Å². The predicted octanol–water partition coefficient (Wildman–Crippen LogP) is 5.85. The third-order valence-corrected chi connectivity index (χ3v) is 14.5. The lowest BCUT2D eigenvalue weighted by Gasteiger charge is -2.18. The van der Waals surface area contributed by atoms with Crippen molar-refractivity contribution in [2.24, 2.45) is 39.4 Å². The molecule has 0 saturated heterocycles. The summed E-state index contributed by atoms with van der Waals surface area (Å²) in [6, 6.07) is 41.5. The van der Waals surface area contributed by atoms with E-state index in [0.29, 0.717) is 67.4 Å². The Morgan fingerprint density at radius 2 is 0.861 bits per heavy atom. The summed E-state index contributed by atoms with van der Waals surface area (Å²) in [7, 11) is 0. The van der Waals surface area contributed by atoms with Gasteiger partial charge < -0.3 is 71.0 Å². The van der Waals surface area contributed by atoms with Crippen molar-refractivity contribution in [2.75, 3.05) is 41.3 Å². The topological polar surface area (TPSA) is 329 Å². The van der Waals surface area contributed by atoms with Crippen molar-refractivity contribution in [1.29, 1.82) is 0 Å². The van der Waals surface area contributed by atoms with Crippen LogP contribution >= 0.6 is 0 Å². The average molecular weight is 1060 g/mol. The summed E-state index contributed by atoms with van der Waals surface area (Å²) in [6.45, 7) is 1.64. The van der Waals surface area contributed by atoms with Gasteiger partial charge in [-0.05, 0) is 177 Å². The number of H-pyrrole nitrogens is 3. The van der Waals surface area contributed by atoms with E-state index in [4.69, 9.17) is 45.1 Å². The molecule has 4 aromatic carbocycles. The lowest BCUT2D eigenvalue weighted by molar-refractivity contribution is -0.118.